The predicted octanol–water partition coefficient (Wildman–Crippen LogP) is 3.15. The van der Waals surface area contributed by atoms with E-state index in [0.29, 0.717) is 0 Å². The van der Waals surface area contributed by atoms with E-state index in [2.05, 4.69) is 0 Å². The van der Waals surface area contributed by atoms with Crippen LogP contribution < -0.4 is 0 Å². The Morgan fingerprint density at radius 2 is 1.67 bits per heavy atom. The molecule has 0 aliphatic carbocycles. The number of hydrogen-bond donors (Lipinski definition) is 2. The first kappa shape index (κ1) is 12.9. The molecule has 0 heterocycles. The molecule has 96 valence electrons. The molecule has 0 aromatic heterocycles. The molecule has 0 saturated carbocycles. The van der Waals surface area contributed by atoms with E-state index in [1.165, 1.54) is 30.3 Å². The van der Waals surface area contributed by atoms with Gasteiger partial charge >= 0.3 is 0 Å². The summed E-state index contributed by atoms with van der Waals surface area (Å²) in [5.74, 6) is -1.04. The Hall–Kier alpha value is -1.56. The first-order valence-corrected chi connectivity index (χ1v) is 7.35. The van der Waals surface area contributed by atoms with Crippen molar-refractivity contribution in [1.29, 1.82) is 0 Å². The quantitative estimate of drug-likeness (QED) is 0.899. The normalized spacial score (nSPS) is 13.8. The van der Waals surface area contributed by atoms with E-state index in [1.54, 1.807) is 18.2 Å². The molecule has 0 saturated heterocycles. The van der Waals surface area contributed by atoms with Crippen molar-refractivity contribution < 1.29 is 17.7 Å². The van der Waals surface area contributed by atoms with Gasteiger partial charge in [-0.1, -0.05) is 30.3 Å². The first-order chi connectivity index (χ1) is 8.35. The Kier molecular flexibility index (Phi) is 3.06. The van der Waals surface area contributed by atoms with E-state index in [1.807, 2.05) is 0 Å². The van der Waals surface area contributed by atoms with Crippen molar-refractivity contribution in [3.8, 4) is 0 Å². The van der Waals surface area contributed by atoms with Crippen LogP contribution in [-0.4, -0.2) is 13.3 Å². The van der Waals surface area contributed by atoms with Crippen molar-refractivity contribution >= 4 is 9.63 Å². The Morgan fingerprint density at radius 1 is 1.00 bits per heavy atom. The Balaban J connectivity index is 2.40. The Bertz CT molecular complexity index is 619. The van der Waals surface area contributed by atoms with E-state index in [-0.39, 0.29) is 10.5 Å². The zero-order valence-electron chi connectivity index (χ0n) is 9.49. The second kappa shape index (κ2) is 4.28. The molecule has 0 amide bonds. The standard InChI is InChI=1S/C13H13FO3S/c14-12-6-4-5-11(9-12)10-18(15,16,17)13-7-2-1-3-8-13/h1-9H,10H2,(H2,15,16,17). The highest BCUT2D eigenvalue weighted by Gasteiger charge is 2.32. The van der Waals surface area contributed by atoms with Gasteiger partial charge in [0.05, 0.1) is 10.6 Å². The minimum absolute atomic E-state index is 0.0706. The average Bonchev–Trinajstić information content (AvgIpc) is 2.29. The minimum atomic E-state index is -4.97. The Labute approximate surface area is 104 Å². The molecule has 18 heavy (non-hydrogen) atoms. The van der Waals surface area contributed by atoms with E-state index in [0.717, 1.165) is 6.07 Å². The van der Waals surface area contributed by atoms with Gasteiger partial charge in [0.15, 0.2) is 0 Å². The van der Waals surface area contributed by atoms with E-state index in [4.69, 9.17) is 0 Å². The lowest BCUT2D eigenvalue weighted by Gasteiger charge is -2.30. The molecule has 5 heteroatoms. The third kappa shape index (κ3) is 2.81. The van der Waals surface area contributed by atoms with E-state index >= 15 is 0 Å². The van der Waals surface area contributed by atoms with Crippen LogP contribution >= 0.6 is 0 Å². The summed E-state index contributed by atoms with van der Waals surface area (Å²) in [7, 11) is -4.97. The van der Waals surface area contributed by atoms with Crippen LogP contribution in [0.3, 0.4) is 0 Å². The summed E-state index contributed by atoms with van der Waals surface area (Å²) < 4.78 is 45.2. The van der Waals surface area contributed by atoms with E-state index in [9.17, 15) is 17.7 Å². The van der Waals surface area contributed by atoms with Crippen molar-refractivity contribution in [2.75, 3.05) is 0 Å². The van der Waals surface area contributed by atoms with Crippen LogP contribution in [0.2, 0.25) is 0 Å². The van der Waals surface area contributed by atoms with Crippen molar-refractivity contribution in [1.82, 2.24) is 0 Å². The first-order valence-electron chi connectivity index (χ1n) is 5.30. The van der Waals surface area contributed by atoms with Gasteiger partial charge in [-0.2, -0.15) is 0 Å². The van der Waals surface area contributed by atoms with Crippen LogP contribution in [0.25, 0.3) is 0 Å². The third-order valence-corrected chi connectivity index (χ3v) is 4.61. The molecule has 0 unspecified atom stereocenters. The van der Waals surface area contributed by atoms with Gasteiger partial charge in [-0.15, -0.1) is 0 Å². The highest BCUT2D eigenvalue weighted by Crippen LogP contribution is 2.32. The predicted molar refractivity (Wildman–Crippen MR) is 68.2 cm³/mol. The van der Waals surface area contributed by atoms with Crippen LogP contribution in [0, 0.1) is 5.82 Å². The maximum absolute atomic E-state index is 13.0. The van der Waals surface area contributed by atoms with Crippen molar-refractivity contribution in [2.45, 2.75) is 10.6 Å². The summed E-state index contributed by atoms with van der Waals surface area (Å²) in [6, 6.07) is 12.8. The highest BCUT2D eigenvalue weighted by atomic mass is 32.3. The summed E-state index contributed by atoms with van der Waals surface area (Å²) >= 11 is 0. The van der Waals surface area contributed by atoms with Gasteiger partial charge in [0, 0.05) is 0 Å². The lowest BCUT2D eigenvalue weighted by Crippen LogP contribution is -2.33. The topological polar surface area (TPSA) is 57.5 Å². The minimum Gasteiger partial charge on any atom is -0.304 e. The maximum atomic E-state index is 13.0. The van der Waals surface area contributed by atoms with Crippen molar-refractivity contribution in [2.24, 2.45) is 0 Å². The number of hydrogen-bond acceptors (Lipinski definition) is 1. The molecule has 2 rings (SSSR count). The summed E-state index contributed by atoms with van der Waals surface area (Å²) in [6.07, 6.45) is 0. The molecule has 0 spiro atoms. The number of rotatable bonds is 3. The smallest absolute Gasteiger partial charge is 0.123 e. The van der Waals surface area contributed by atoms with Gasteiger partial charge in [-0.3, -0.25) is 0 Å². The van der Waals surface area contributed by atoms with Gasteiger partial charge in [0.2, 0.25) is 0 Å². The second-order valence-electron chi connectivity index (χ2n) is 4.10. The molecule has 0 bridgehead atoms. The lowest BCUT2D eigenvalue weighted by atomic mass is 10.2. The van der Waals surface area contributed by atoms with Crippen LogP contribution in [0.1, 0.15) is 5.56 Å². The number of benzene rings is 2. The molecular formula is C13H13FO3S. The molecule has 2 aromatic rings. The highest BCUT2D eigenvalue weighted by molar-refractivity contribution is 8.09. The van der Waals surface area contributed by atoms with Crippen LogP contribution in [0.5, 0.6) is 0 Å². The van der Waals surface area contributed by atoms with Crippen LogP contribution in [0.15, 0.2) is 59.5 Å². The fourth-order valence-electron chi connectivity index (χ4n) is 1.70. The summed E-state index contributed by atoms with van der Waals surface area (Å²) in [5, 5.41) is 0. The molecule has 2 N–H and O–H groups in total. The maximum Gasteiger partial charge on any atom is 0.123 e. The zero-order valence-corrected chi connectivity index (χ0v) is 10.3. The molecule has 0 aliphatic rings. The summed E-state index contributed by atoms with van der Waals surface area (Å²) in [5.41, 5.74) is 0.265. The van der Waals surface area contributed by atoms with Crippen molar-refractivity contribution in [3.05, 3.63) is 66.0 Å². The van der Waals surface area contributed by atoms with Crippen LogP contribution in [-0.2, 0) is 15.4 Å². The SMILES string of the molecule is O=S(O)(O)(Cc1cccc(F)c1)c1ccccc1. The lowest BCUT2D eigenvalue weighted by molar-refractivity contribution is 0.388. The molecule has 0 radical (unpaired) electrons. The molecule has 0 atom stereocenters. The molecule has 2 aromatic carbocycles. The zero-order chi connectivity index (χ0) is 13.3. The van der Waals surface area contributed by atoms with Gasteiger partial charge in [-0.05, 0) is 29.8 Å². The second-order valence-corrected chi connectivity index (χ2v) is 6.90. The fraction of sp³-hybridized carbons (Fsp3) is 0.0769. The largest absolute Gasteiger partial charge is 0.304 e. The Morgan fingerprint density at radius 3 is 2.28 bits per heavy atom. The summed E-state index contributed by atoms with van der Waals surface area (Å²) in [6.45, 7) is 0. The van der Waals surface area contributed by atoms with Crippen LogP contribution in [0.4, 0.5) is 4.39 Å². The van der Waals surface area contributed by atoms with Crippen molar-refractivity contribution in [3.63, 3.8) is 0 Å². The molecule has 0 aliphatic heterocycles. The third-order valence-electron chi connectivity index (χ3n) is 2.53. The van der Waals surface area contributed by atoms with Gasteiger partial charge < -0.3 is 9.11 Å². The van der Waals surface area contributed by atoms with Gasteiger partial charge in [-0.25, -0.2) is 8.60 Å². The number of halogens is 1. The van der Waals surface area contributed by atoms with Gasteiger partial charge in [0.1, 0.15) is 15.4 Å². The average molecular weight is 268 g/mol. The fourth-order valence-corrected chi connectivity index (χ4v) is 3.36. The van der Waals surface area contributed by atoms with Gasteiger partial charge in [0.25, 0.3) is 0 Å². The molecular weight excluding hydrogens is 255 g/mol. The van der Waals surface area contributed by atoms with E-state index < -0.39 is 21.2 Å². The monoisotopic (exact) mass is 268 g/mol. The summed E-state index contributed by atoms with van der Waals surface area (Å²) in [4.78, 5) is -0.0706. The molecule has 0 fully saturated rings. The molecule has 3 nitrogen and oxygen atoms in total.